The van der Waals surface area contributed by atoms with Crippen LogP contribution in [0.5, 0.6) is 0 Å². The predicted molar refractivity (Wildman–Crippen MR) is 86.2 cm³/mol. The molecule has 1 aliphatic carbocycles. The highest BCUT2D eigenvalue weighted by Gasteiger charge is 2.47. The standard InChI is InChI=1S/C15H17BrCl2O2/c1-20-8-5-11(16)14(19)15(6-2-7-15)10-3-4-12(17)13(18)9-10/h3-4,9,11H,2,5-8H2,1H3. The Morgan fingerprint density at radius 3 is 2.60 bits per heavy atom. The number of methoxy groups -OCH3 is 1. The third-order valence-electron chi connectivity index (χ3n) is 4.01. The summed E-state index contributed by atoms with van der Waals surface area (Å²) in [5, 5.41) is 1.03. The number of rotatable bonds is 6. The maximum atomic E-state index is 12.8. The molecule has 0 heterocycles. The molecule has 0 saturated heterocycles. The van der Waals surface area contributed by atoms with E-state index in [2.05, 4.69) is 15.9 Å². The third-order valence-corrected chi connectivity index (χ3v) is 5.62. The number of ether oxygens (including phenoxy) is 1. The van der Waals surface area contributed by atoms with Gasteiger partial charge < -0.3 is 4.74 Å². The fraction of sp³-hybridized carbons (Fsp3) is 0.533. The summed E-state index contributed by atoms with van der Waals surface area (Å²) in [5.41, 5.74) is 0.570. The van der Waals surface area contributed by atoms with Crippen molar-refractivity contribution in [1.29, 1.82) is 0 Å². The summed E-state index contributed by atoms with van der Waals surface area (Å²) < 4.78 is 5.05. The van der Waals surface area contributed by atoms with E-state index in [-0.39, 0.29) is 10.6 Å². The Labute approximate surface area is 137 Å². The molecule has 110 valence electrons. The Hall–Kier alpha value is -0.0900. The number of carbonyl (C=O) groups excluding carboxylic acids is 1. The van der Waals surface area contributed by atoms with Gasteiger partial charge in [0.05, 0.1) is 20.3 Å². The molecule has 0 spiro atoms. The molecule has 1 aromatic rings. The molecule has 0 aromatic heterocycles. The van der Waals surface area contributed by atoms with E-state index in [1.165, 1.54) is 0 Å². The summed E-state index contributed by atoms with van der Waals surface area (Å²) in [7, 11) is 1.64. The van der Waals surface area contributed by atoms with Crippen molar-refractivity contribution in [3.05, 3.63) is 33.8 Å². The van der Waals surface area contributed by atoms with Crippen LogP contribution in [0.1, 0.15) is 31.2 Å². The summed E-state index contributed by atoms with van der Waals surface area (Å²) in [6, 6.07) is 5.52. The topological polar surface area (TPSA) is 26.3 Å². The number of alkyl halides is 1. The van der Waals surface area contributed by atoms with Gasteiger partial charge in [-0.2, -0.15) is 0 Å². The van der Waals surface area contributed by atoms with Crippen molar-refractivity contribution >= 4 is 44.9 Å². The van der Waals surface area contributed by atoms with Crippen LogP contribution in [0, 0.1) is 0 Å². The van der Waals surface area contributed by atoms with Gasteiger partial charge in [-0.1, -0.05) is 51.6 Å². The van der Waals surface area contributed by atoms with Crippen LogP contribution in [-0.2, 0) is 14.9 Å². The number of ketones is 1. The normalized spacial score (nSPS) is 18.4. The average Bonchev–Trinajstić information content (AvgIpc) is 2.38. The second-order valence-electron chi connectivity index (χ2n) is 5.18. The number of hydrogen-bond acceptors (Lipinski definition) is 2. The van der Waals surface area contributed by atoms with Gasteiger partial charge in [0.1, 0.15) is 0 Å². The molecule has 1 atom stereocenters. The summed E-state index contributed by atoms with van der Waals surface area (Å²) in [5.74, 6) is 0.221. The lowest BCUT2D eigenvalue weighted by Crippen LogP contribution is -2.46. The number of hydrogen-bond donors (Lipinski definition) is 0. The molecule has 2 nitrogen and oxygen atoms in total. The van der Waals surface area contributed by atoms with Crippen molar-refractivity contribution < 1.29 is 9.53 Å². The molecular weight excluding hydrogens is 363 g/mol. The van der Waals surface area contributed by atoms with E-state index >= 15 is 0 Å². The quantitative estimate of drug-likeness (QED) is 0.664. The number of halogens is 3. The lowest BCUT2D eigenvalue weighted by molar-refractivity contribution is -0.127. The Bertz CT molecular complexity index is 501. The number of benzene rings is 1. The molecule has 0 aliphatic heterocycles. The minimum atomic E-state index is -0.407. The molecule has 0 amide bonds. The molecule has 5 heteroatoms. The first-order valence-electron chi connectivity index (χ1n) is 6.64. The van der Waals surface area contributed by atoms with Gasteiger partial charge >= 0.3 is 0 Å². The van der Waals surface area contributed by atoms with Crippen LogP contribution in [0.4, 0.5) is 0 Å². The molecule has 1 aliphatic rings. The Morgan fingerprint density at radius 1 is 1.40 bits per heavy atom. The van der Waals surface area contributed by atoms with Crippen molar-refractivity contribution in [2.75, 3.05) is 13.7 Å². The first-order chi connectivity index (χ1) is 9.51. The maximum absolute atomic E-state index is 12.8. The van der Waals surface area contributed by atoms with Crippen LogP contribution in [0.25, 0.3) is 0 Å². The second-order valence-corrected chi connectivity index (χ2v) is 7.10. The third kappa shape index (κ3) is 3.06. The first kappa shape index (κ1) is 16.3. The van der Waals surface area contributed by atoms with Crippen LogP contribution < -0.4 is 0 Å². The number of carbonyl (C=O) groups is 1. The van der Waals surface area contributed by atoms with Crippen molar-refractivity contribution in [1.82, 2.24) is 0 Å². The van der Waals surface area contributed by atoms with E-state index in [1.807, 2.05) is 12.1 Å². The van der Waals surface area contributed by atoms with E-state index in [0.717, 1.165) is 24.8 Å². The average molecular weight is 380 g/mol. The van der Waals surface area contributed by atoms with Crippen LogP contribution in [0.2, 0.25) is 10.0 Å². The van der Waals surface area contributed by atoms with Gasteiger partial charge in [-0.15, -0.1) is 0 Å². The molecule has 2 rings (SSSR count). The Kier molecular flexibility index (Phi) is 5.52. The highest BCUT2D eigenvalue weighted by Crippen LogP contribution is 2.47. The molecular formula is C15H17BrCl2O2. The molecule has 0 radical (unpaired) electrons. The van der Waals surface area contributed by atoms with Crippen molar-refractivity contribution in [2.24, 2.45) is 0 Å². The van der Waals surface area contributed by atoms with E-state index in [1.54, 1.807) is 13.2 Å². The highest BCUT2D eigenvalue weighted by molar-refractivity contribution is 9.10. The van der Waals surface area contributed by atoms with Crippen molar-refractivity contribution in [3.63, 3.8) is 0 Å². The molecule has 1 fully saturated rings. The van der Waals surface area contributed by atoms with E-state index < -0.39 is 5.41 Å². The maximum Gasteiger partial charge on any atom is 0.157 e. The zero-order valence-electron chi connectivity index (χ0n) is 11.3. The lowest BCUT2D eigenvalue weighted by atomic mass is 9.61. The van der Waals surface area contributed by atoms with E-state index in [4.69, 9.17) is 27.9 Å². The lowest BCUT2D eigenvalue weighted by Gasteiger charge is -2.42. The fourth-order valence-electron chi connectivity index (χ4n) is 2.65. The Morgan fingerprint density at radius 2 is 2.10 bits per heavy atom. The molecule has 1 unspecified atom stereocenters. The van der Waals surface area contributed by atoms with Gasteiger partial charge in [0.15, 0.2) is 5.78 Å². The van der Waals surface area contributed by atoms with Gasteiger partial charge in [-0.05, 0) is 37.0 Å². The molecule has 1 saturated carbocycles. The van der Waals surface area contributed by atoms with E-state index in [9.17, 15) is 4.79 Å². The molecule has 1 aromatic carbocycles. The van der Waals surface area contributed by atoms with Gasteiger partial charge in [0.2, 0.25) is 0 Å². The first-order valence-corrected chi connectivity index (χ1v) is 8.31. The predicted octanol–water partition coefficient (Wildman–Crippen LogP) is 4.78. The molecule has 0 bridgehead atoms. The van der Waals surface area contributed by atoms with E-state index in [0.29, 0.717) is 23.1 Å². The minimum absolute atomic E-state index is 0.183. The zero-order valence-corrected chi connectivity index (χ0v) is 14.4. The molecule has 0 N–H and O–H groups in total. The van der Waals surface area contributed by atoms with Gasteiger partial charge in [0, 0.05) is 13.7 Å². The minimum Gasteiger partial charge on any atom is -0.385 e. The molecule has 20 heavy (non-hydrogen) atoms. The fourth-order valence-corrected chi connectivity index (χ4v) is 3.58. The second kappa shape index (κ2) is 6.78. The van der Waals surface area contributed by atoms with Gasteiger partial charge in [0.25, 0.3) is 0 Å². The SMILES string of the molecule is COCCC(Br)C(=O)C1(c2ccc(Cl)c(Cl)c2)CCC1. The van der Waals surface area contributed by atoms with Gasteiger partial charge in [-0.3, -0.25) is 4.79 Å². The summed E-state index contributed by atoms with van der Waals surface area (Å²) >= 11 is 15.6. The largest absolute Gasteiger partial charge is 0.385 e. The summed E-state index contributed by atoms with van der Waals surface area (Å²) in [4.78, 5) is 12.6. The zero-order chi connectivity index (χ0) is 14.8. The van der Waals surface area contributed by atoms with Crippen LogP contribution >= 0.6 is 39.1 Å². The van der Waals surface area contributed by atoms with Crippen LogP contribution in [0.15, 0.2) is 18.2 Å². The smallest absolute Gasteiger partial charge is 0.157 e. The Balaban J connectivity index is 2.24. The van der Waals surface area contributed by atoms with Crippen LogP contribution in [-0.4, -0.2) is 24.3 Å². The summed E-state index contributed by atoms with van der Waals surface area (Å²) in [6.07, 6.45) is 3.49. The van der Waals surface area contributed by atoms with Crippen molar-refractivity contribution in [2.45, 2.75) is 35.9 Å². The summed E-state index contributed by atoms with van der Waals surface area (Å²) in [6.45, 7) is 0.569. The highest BCUT2D eigenvalue weighted by atomic mass is 79.9. The monoisotopic (exact) mass is 378 g/mol. The van der Waals surface area contributed by atoms with Crippen LogP contribution in [0.3, 0.4) is 0 Å². The van der Waals surface area contributed by atoms with Crippen molar-refractivity contribution in [3.8, 4) is 0 Å². The number of Topliss-reactive ketones (excluding diaryl/α,β-unsaturated/α-hetero) is 1. The van der Waals surface area contributed by atoms with Gasteiger partial charge in [-0.25, -0.2) is 0 Å².